The molecule has 3 aromatic carbocycles. The average molecular weight is 573 g/mol. The summed E-state index contributed by atoms with van der Waals surface area (Å²) in [7, 11) is 1.57. The number of allylic oxidation sites excluding steroid dienone is 1. The first kappa shape index (κ1) is 28.3. The smallest absolute Gasteiger partial charge is 0.185 e. The Labute approximate surface area is 239 Å². The number of methoxy groups -OCH3 is 1. The minimum absolute atomic E-state index is 0.0809. The Morgan fingerprint density at radius 1 is 1.00 bits per heavy atom. The van der Waals surface area contributed by atoms with Crippen LogP contribution in [0.15, 0.2) is 91.7 Å². The van der Waals surface area contributed by atoms with Crippen LogP contribution in [-0.4, -0.2) is 47.8 Å². The fraction of sp³-hybridized carbons (Fsp3) is 0.167. The van der Waals surface area contributed by atoms with E-state index in [1.165, 1.54) is 34.2 Å². The number of nitrogens with zero attached hydrogens (tertiary/aromatic N) is 6. The van der Waals surface area contributed by atoms with Crippen LogP contribution in [-0.2, 0) is 25.3 Å². The van der Waals surface area contributed by atoms with Crippen molar-refractivity contribution in [2.75, 3.05) is 7.11 Å². The maximum absolute atomic E-state index is 14.7. The monoisotopic (exact) mass is 572 g/mol. The van der Waals surface area contributed by atoms with Crippen molar-refractivity contribution in [3.05, 3.63) is 126 Å². The third-order valence-corrected chi connectivity index (χ3v) is 6.40. The third-order valence-electron chi connectivity index (χ3n) is 6.40. The second-order valence-electron chi connectivity index (χ2n) is 9.44. The molecule has 12 heteroatoms. The van der Waals surface area contributed by atoms with Crippen LogP contribution in [0.1, 0.15) is 27.2 Å². The normalized spacial score (nSPS) is 12.8. The molecule has 0 amide bonds. The van der Waals surface area contributed by atoms with Crippen LogP contribution in [0.25, 0.3) is 6.08 Å². The highest BCUT2D eigenvalue weighted by molar-refractivity contribution is 6.06. The number of carbonyl (C=O) groups excluding carboxylic acids is 1. The first-order valence-electron chi connectivity index (χ1n) is 12.8. The largest absolute Gasteiger partial charge is 0.497 e. The van der Waals surface area contributed by atoms with Crippen LogP contribution in [0.4, 0.5) is 8.78 Å². The summed E-state index contributed by atoms with van der Waals surface area (Å²) >= 11 is 0. The zero-order chi connectivity index (χ0) is 29.5. The predicted molar refractivity (Wildman–Crippen MR) is 147 cm³/mol. The van der Waals surface area contributed by atoms with Gasteiger partial charge in [-0.1, -0.05) is 29.5 Å². The standard InChI is InChI=1S/C30H26F2N6O4/c1-41-25-10-5-22(6-11-25)29(39)13-4-21-2-8-26(9-3-21)42-16-24-15-37(36-35-24)17-30(40,18-38-20-33-19-34-38)27-12-7-23(31)14-28(27)32/h2-15,19-20,40H,16-18H2,1H3/b13-4+. The number of benzene rings is 3. The molecule has 0 aliphatic carbocycles. The van der Waals surface area contributed by atoms with E-state index in [0.29, 0.717) is 28.8 Å². The Hall–Kier alpha value is -5.23. The third kappa shape index (κ3) is 6.91. The highest BCUT2D eigenvalue weighted by Gasteiger charge is 2.34. The van der Waals surface area contributed by atoms with Gasteiger partial charge in [-0.15, -0.1) is 5.10 Å². The summed E-state index contributed by atoms with van der Waals surface area (Å²) in [6.45, 7) is -0.274. The number of rotatable bonds is 12. The lowest BCUT2D eigenvalue weighted by Crippen LogP contribution is -2.37. The summed E-state index contributed by atoms with van der Waals surface area (Å²) in [6.07, 6.45) is 7.45. The molecule has 2 heterocycles. The zero-order valence-corrected chi connectivity index (χ0v) is 22.5. The van der Waals surface area contributed by atoms with Gasteiger partial charge in [-0.25, -0.2) is 23.1 Å². The molecule has 0 saturated heterocycles. The van der Waals surface area contributed by atoms with Gasteiger partial charge in [0.15, 0.2) is 5.78 Å². The number of hydrogen-bond donors (Lipinski definition) is 1. The first-order chi connectivity index (χ1) is 20.3. The Morgan fingerprint density at radius 3 is 2.43 bits per heavy atom. The number of ether oxygens (including phenoxy) is 2. The van der Waals surface area contributed by atoms with Crippen molar-refractivity contribution in [2.45, 2.75) is 25.3 Å². The predicted octanol–water partition coefficient (Wildman–Crippen LogP) is 4.22. The van der Waals surface area contributed by atoms with Gasteiger partial charge >= 0.3 is 0 Å². The molecule has 42 heavy (non-hydrogen) atoms. The van der Waals surface area contributed by atoms with Gasteiger partial charge in [-0.05, 0) is 54.1 Å². The Balaban J connectivity index is 1.20. The summed E-state index contributed by atoms with van der Waals surface area (Å²) in [5.41, 5.74) is -0.121. The molecule has 0 spiro atoms. The molecule has 10 nitrogen and oxygen atoms in total. The quantitative estimate of drug-likeness (QED) is 0.175. The number of hydrogen-bond acceptors (Lipinski definition) is 8. The van der Waals surface area contributed by atoms with E-state index in [0.717, 1.165) is 11.6 Å². The van der Waals surface area contributed by atoms with Gasteiger partial charge in [0.1, 0.15) is 53.7 Å². The minimum atomic E-state index is -1.84. The van der Waals surface area contributed by atoms with Crippen LogP contribution in [0.3, 0.4) is 0 Å². The van der Waals surface area contributed by atoms with Gasteiger partial charge in [0.2, 0.25) is 0 Å². The average Bonchev–Trinajstić information content (AvgIpc) is 3.67. The van der Waals surface area contributed by atoms with E-state index >= 15 is 0 Å². The highest BCUT2D eigenvalue weighted by atomic mass is 19.1. The molecule has 1 unspecified atom stereocenters. The molecular weight excluding hydrogens is 546 g/mol. The summed E-state index contributed by atoms with van der Waals surface area (Å²) in [5.74, 6) is -0.537. The molecule has 0 aliphatic rings. The Morgan fingerprint density at radius 2 is 1.74 bits per heavy atom. The van der Waals surface area contributed by atoms with Crippen molar-refractivity contribution in [2.24, 2.45) is 0 Å². The number of aliphatic hydroxyl groups is 1. The van der Waals surface area contributed by atoms with Crippen molar-refractivity contribution in [1.29, 1.82) is 0 Å². The molecule has 214 valence electrons. The van der Waals surface area contributed by atoms with E-state index in [1.54, 1.807) is 55.8 Å². The van der Waals surface area contributed by atoms with Crippen LogP contribution in [0.2, 0.25) is 0 Å². The van der Waals surface area contributed by atoms with Crippen molar-refractivity contribution in [3.63, 3.8) is 0 Å². The van der Waals surface area contributed by atoms with Crippen molar-refractivity contribution < 1.29 is 28.2 Å². The van der Waals surface area contributed by atoms with Crippen molar-refractivity contribution in [1.82, 2.24) is 29.8 Å². The first-order valence-corrected chi connectivity index (χ1v) is 12.8. The summed E-state index contributed by atoms with van der Waals surface area (Å²) in [6, 6.07) is 17.0. The maximum atomic E-state index is 14.7. The molecule has 5 aromatic rings. The maximum Gasteiger partial charge on any atom is 0.185 e. The van der Waals surface area contributed by atoms with E-state index in [2.05, 4.69) is 20.4 Å². The van der Waals surface area contributed by atoms with E-state index in [1.807, 2.05) is 12.1 Å². The minimum Gasteiger partial charge on any atom is -0.497 e. The number of ketones is 1. The van der Waals surface area contributed by atoms with Gasteiger partial charge in [-0.2, -0.15) is 5.10 Å². The second kappa shape index (κ2) is 12.5. The molecule has 0 bridgehead atoms. The molecule has 0 radical (unpaired) electrons. The summed E-state index contributed by atoms with van der Waals surface area (Å²) in [5, 5.41) is 23.6. The lowest BCUT2D eigenvalue weighted by Gasteiger charge is -2.28. The van der Waals surface area contributed by atoms with E-state index in [-0.39, 0.29) is 31.0 Å². The fourth-order valence-electron chi connectivity index (χ4n) is 4.28. The zero-order valence-electron chi connectivity index (χ0n) is 22.5. The van der Waals surface area contributed by atoms with E-state index < -0.39 is 17.2 Å². The van der Waals surface area contributed by atoms with Gasteiger partial charge in [-0.3, -0.25) is 4.79 Å². The van der Waals surface area contributed by atoms with Crippen molar-refractivity contribution >= 4 is 11.9 Å². The van der Waals surface area contributed by atoms with Crippen LogP contribution in [0.5, 0.6) is 11.5 Å². The molecule has 1 atom stereocenters. The SMILES string of the molecule is COc1ccc(C(=O)/C=C/c2ccc(OCc3cn(CC(O)(Cn4cncn4)c4ccc(F)cc4F)nn3)cc2)cc1. The van der Waals surface area contributed by atoms with Crippen LogP contribution in [0, 0.1) is 11.6 Å². The molecule has 0 aliphatic heterocycles. The Kier molecular flexibility index (Phi) is 8.44. The van der Waals surface area contributed by atoms with Crippen molar-refractivity contribution in [3.8, 4) is 11.5 Å². The summed E-state index contributed by atoms with van der Waals surface area (Å²) in [4.78, 5) is 16.3. The van der Waals surface area contributed by atoms with E-state index in [9.17, 15) is 18.7 Å². The molecule has 2 aromatic heterocycles. The van der Waals surface area contributed by atoms with Gasteiger partial charge < -0.3 is 14.6 Å². The number of carbonyl (C=O) groups is 1. The lowest BCUT2D eigenvalue weighted by molar-refractivity contribution is -0.00892. The Bertz CT molecular complexity index is 1670. The van der Waals surface area contributed by atoms with E-state index in [4.69, 9.17) is 9.47 Å². The molecular formula is C30H26F2N6O4. The molecule has 5 rings (SSSR count). The fourth-order valence-corrected chi connectivity index (χ4v) is 4.28. The van der Waals surface area contributed by atoms with Gasteiger partial charge in [0.25, 0.3) is 0 Å². The summed E-state index contributed by atoms with van der Waals surface area (Å²) < 4.78 is 41.8. The molecule has 0 saturated carbocycles. The van der Waals surface area contributed by atoms with Gasteiger partial charge in [0.05, 0.1) is 26.4 Å². The van der Waals surface area contributed by atoms with Crippen LogP contribution >= 0.6 is 0 Å². The number of halogens is 2. The lowest BCUT2D eigenvalue weighted by atomic mass is 9.93. The molecule has 1 N–H and O–H groups in total. The second-order valence-corrected chi connectivity index (χ2v) is 9.44. The number of aromatic nitrogens is 6. The molecule has 0 fully saturated rings. The van der Waals surface area contributed by atoms with Crippen LogP contribution < -0.4 is 9.47 Å². The topological polar surface area (TPSA) is 117 Å². The highest BCUT2D eigenvalue weighted by Crippen LogP contribution is 2.28. The van der Waals surface area contributed by atoms with Gasteiger partial charge in [0, 0.05) is 17.2 Å².